The average Bonchev–Trinajstić information content (AvgIpc) is 3.02. The Bertz CT molecular complexity index is 564. The van der Waals surface area contributed by atoms with Crippen LogP contribution in [0.4, 0.5) is 8.78 Å². The van der Waals surface area contributed by atoms with Crippen molar-refractivity contribution in [1.29, 1.82) is 0 Å². The zero-order valence-electron chi connectivity index (χ0n) is 14.4. The first kappa shape index (κ1) is 21.2. The summed E-state index contributed by atoms with van der Waals surface area (Å²) in [6.07, 6.45) is 0.924. The molecule has 1 saturated heterocycles. The maximum absolute atomic E-state index is 12.7. The van der Waals surface area contributed by atoms with E-state index in [9.17, 15) is 13.6 Å². The van der Waals surface area contributed by atoms with Crippen LogP contribution in [0.25, 0.3) is 0 Å². The molecule has 1 atom stereocenters. The highest BCUT2D eigenvalue weighted by atomic mass is 35.5. The van der Waals surface area contributed by atoms with Gasteiger partial charge in [-0.1, -0.05) is 0 Å². The lowest BCUT2D eigenvalue weighted by molar-refractivity contribution is -0.0526. The number of ether oxygens (including phenoxy) is 3. The van der Waals surface area contributed by atoms with Crippen LogP contribution in [0.15, 0.2) is 12.1 Å². The van der Waals surface area contributed by atoms with E-state index < -0.39 is 6.61 Å². The number of alkyl halides is 2. The molecule has 0 saturated carbocycles. The summed E-state index contributed by atoms with van der Waals surface area (Å²) >= 11 is 0. The molecule has 1 fully saturated rings. The number of carbonyl (C=O) groups excluding carboxylic acids is 1. The molecule has 142 valence electrons. The topological polar surface area (TPSA) is 60.0 Å². The number of hydrogen-bond donors (Lipinski definition) is 1. The monoisotopic (exact) mass is 380 g/mol. The van der Waals surface area contributed by atoms with Gasteiger partial charge in [0.05, 0.1) is 14.2 Å². The lowest BCUT2D eigenvalue weighted by atomic mass is 10.1. The van der Waals surface area contributed by atoms with E-state index >= 15 is 0 Å². The fourth-order valence-electron chi connectivity index (χ4n) is 2.86. The standard InChI is InChI=1S/C16H22F2N2O4.ClH/c1-19-8-10-4-5-20(9-10)15(21)11-6-12(22-2)14(24-16(17)18)13(7-11)23-3;/h6-7,10,16,19H,4-5,8-9H2,1-3H3;1H. The molecule has 2 rings (SSSR count). The summed E-state index contributed by atoms with van der Waals surface area (Å²) in [6.45, 7) is -0.863. The number of methoxy groups -OCH3 is 2. The van der Waals surface area contributed by atoms with Crippen LogP contribution in [0.5, 0.6) is 17.2 Å². The van der Waals surface area contributed by atoms with E-state index in [-0.39, 0.29) is 35.6 Å². The molecule has 0 aliphatic carbocycles. The minimum atomic E-state index is -3.02. The molecule has 25 heavy (non-hydrogen) atoms. The third-order valence-electron chi connectivity index (χ3n) is 3.98. The summed E-state index contributed by atoms with van der Waals surface area (Å²) in [6, 6.07) is 2.79. The number of benzene rings is 1. The van der Waals surface area contributed by atoms with Gasteiger partial charge in [0.25, 0.3) is 5.91 Å². The van der Waals surface area contributed by atoms with Crippen LogP contribution in [0.1, 0.15) is 16.8 Å². The van der Waals surface area contributed by atoms with Crippen molar-refractivity contribution in [2.45, 2.75) is 13.0 Å². The normalized spacial score (nSPS) is 16.6. The Morgan fingerprint density at radius 2 is 1.92 bits per heavy atom. The maximum atomic E-state index is 12.7. The van der Waals surface area contributed by atoms with Gasteiger partial charge in [-0.25, -0.2) is 0 Å². The third kappa shape index (κ3) is 5.09. The van der Waals surface area contributed by atoms with Crippen molar-refractivity contribution < 1.29 is 27.8 Å². The molecule has 0 bridgehead atoms. The Morgan fingerprint density at radius 3 is 2.40 bits per heavy atom. The van der Waals surface area contributed by atoms with Gasteiger partial charge in [-0.15, -0.1) is 12.4 Å². The predicted molar refractivity (Wildman–Crippen MR) is 91.4 cm³/mol. The van der Waals surface area contributed by atoms with Gasteiger partial charge in [-0.2, -0.15) is 8.78 Å². The number of nitrogens with zero attached hydrogens (tertiary/aromatic N) is 1. The van der Waals surface area contributed by atoms with E-state index in [0.29, 0.717) is 24.6 Å². The molecular weight excluding hydrogens is 358 g/mol. The van der Waals surface area contributed by atoms with E-state index in [1.807, 2.05) is 7.05 Å². The first-order valence-electron chi connectivity index (χ1n) is 7.64. The number of likely N-dealkylation sites (tertiary alicyclic amines) is 1. The minimum Gasteiger partial charge on any atom is -0.493 e. The van der Waals surface area contributed by atoms with Crippen molar-refractivity contribution in [3.05, 3.63) is 17.7 Å². The number of rotatable bonds is 7. The first-order valence-corrected chi connectivity index (χ1v) is 7.64. The van der Waals surface area contributed by atoms with E-state index in [0.717, 1.165) is 13.0 Å². The van der Waals surface area contributed by atoms with Gasteiger partial charge in [-0.3, -0.25) is 4.79 Å². The van der Waals surface area contributed by atoms with Crippen molar-refractivity contribution in [1.82, 2.24) is 10.2 Å². The van der Waals surface area contributed by atoms with Gasteiger partial charge in [-0.05, 0) is 38.1 Å². The van der Waals surface area contributed by atoms with Crippen LogP contribution in [0.3, 0.4) is 0 Å². The van der Waals surface area contributed by atoms with Gasteiger partial charge in [0, 0.05) is 18.7 Å². The smallest absolute Gasteiger partial charge is 0.387 e. The van der Waals surface area contributed by atoms with Crippen LogP contribution in [0.2, 0.25) is 0 Å². The summed E-state index contributed by atoms with van der Waals surface area (Å²) < 4.78 is 39.7. The zero-order valence-corrected chi connectivity index (χ0v) is 15.2. The first-order chi connectivity index (χ1) is 11.5. The molecule has 1 N–H and O–H groups in total. The quantitative estimate of drug-likeness (QED) is 0.787. The Morgan fingerprint density at radius 1 is 1.32 bits per heavy atom. The molecule has 1 aromatic rings. The largest absolute Gasteiger partial charge is 0.493 e. The summed E-state index contributed by atoms with van der Waals surface area (Å²) in [5, 5.41) is 3.11. The van der Waals surface area contributed by atoms with Crippen molar-refractivity contribution in [3.8, 4) is 17.2 Å². The Balaban J connectivity index is 0.00000312. The highest BCUT2D eigenvalue weighted by Gasteiger charge is 2.28. The summed E-state index contributed by atoms with van der Waals surface area (Å²) in [5.74, 6) is 0.0620. The molecule has 1 heterocycles. The second kappa shape index (κ2) is 9.62. The molecular formula is C16H23ClF2N2O4. The number of halogens is 3. The van der Waals surface area contributed by atoms with Gasteiger partial charge >= 0.3 is 6.61 Å². The van der Waals surface area contributed by atoms with E-state index in [2.05, 4.69) is 10.1 Å². The number of nitrogens with one attached hydrogen (secondary N) is 1. The van der Waals surface area contributed by atoms with Crippen LogP contribution in [-0.4, -0.2) is 58.3 Å². The molecule has 1 aliphatic rings. The number of hydrogen-bond acceptors (Lipinski definition) is 5. The molecule has 1 aliphatic heterocycles. The molecule has 0 radical (unpaired) electrons. The Labute approximate surface area is 151 Å². The maximum Gasteiger partial charge on any atom is 0.387 e. The molecule has 1 amide bonds. The summed E-state index contributed by atoms with van der Waals surface area (Å²) in [4.78, 5) is 14.4. The highest BCUT2D eigenvalue weighted by molar-refractivity contribution is 5.95. The zero-order chi connectivity index (χ0) is 17.7. The summed E-state index contributed by atoms with van der Waals surface area (Å²) in [5.41, 5.74) is 0.315. The lowest BCUT2D eigenvalue weighted by Gasteiger charge is -2.19. The SMILES string of the molecule is CNCC1CCN(C(=O)c2cc(OC)c(OC(F)F)c(OC)c2)C1.Cl. The van der Waals surface area contributed by atoms with Crippen molar-refractivity contribution in [2.24, 2.45) is 5.92 Å². The second-order valence-corrected chi connectivity index (χ2v) is 5.55. The van der Waals surface area contributed by atoms with Crippen molar-refractivity contribution >= 4 is 18.3 Å². The fraction of sp³-hybridized carbons (Fsp3) is 0.562. The highest BCUT2D eigenvalue weighted by Crippen LogP contribution is 2.40. The Kier molecular flexibility index (Phi) is 8.18. The van der Waals surface area contributed by atoms with E-state index in [1.165, 1.54) is 26.4 Å². The van der Waals surface area contributed by atoms with Gasteiger partial charge in [0.2, 0.25) is 5.75 Å². The predicted octanol–water partition coefficient (Wildman–Crippen LogP) is 2.41. The van der Waals surface area contributed by atoms with Crippen LogP contribution < -0.4 is 19.5 Å². The average molecular weight is 381 g/mol. The Hall–Kier alpha value is -1.80. The molecule has 0 spiro atoms. The second-order valence-electron chi connectivity index (χ2n) is 5.55. The van der Waals surface area contributed by atoms with Crippen molar-refractivity contribution in [2.75, 3.05) is 40.9 Å². The van der Waals surface area contributed by atoms with Crippen LogP contribution >= 0.6 is 12.4 Å². The van der Waals surface area contributed by atoms with Gasteiger partial charge < -0.3 is 24.4 Å². The van der Waals surface area contributed by atoms with Crippen LogP contribution in [-0.2, 0) is 0 Å². The molecule has 1 unspecified atom stereocenters. The van der Waals surface area contributed by atoms with Crippen LogP contribution in [0, 0.1) is 5.92 Å². The molecule has 1 aromatic carbocycles. The number of amides is 1. The third-order valence-corrected chi connectivity index (χ3v) is 3.98. The summed E-state index contributed by atoms with van der Waals surface area (Å²) in [7, 11) is 4.52. The lowest BCUT2D eigenvalue weighted by Crippen LogP contribution is -2.30. The van der Waals surface area contributed by atoms with Gasteiger partial charge in [0.1, 0.15) is 0 Å². The van der Waals surface area contributed by atoms with E-state index in [1.54, 1.807) is 4.90 Å². The van der Waals surface area contributed by atoms with Crippen molar-refractivity contribution in [3.63, 3.8) is 0 Å². The number of carbonyl (C=O) groups is 1. The van der Waals surface area contributed by atoms with Gasteiger partial charge in [0.15, 0.2) is 11.5 Å². The molecule has 6 nitrogen and oxygen atoms in total. The molecule has 0 aromatic heterocycles. The van der Waals surface area contributed by atoms with E-state index in [4.69, 9.17) is 9.47 Å². The molecule has 9 heteroatoms. The minimum absolute atomic E-state index is 0. The fourth-order valence-corrected chi connectivity index (χ4v) is 2.86.